The summed E-state index contributed by atoms with van der Waals surface area (Å²) in [6.45, 7) is 5.82. The predicted molar refractivity (Wildman–Crippen MR) is 128 cm³/mol. The second kappa shape index (κ2) is 8.88. The van der Waals surface area contributed by atoms with Gasteiger partial charge in [-0.2, -0.15) is 0 Å². The zero-order valence-corrected chi connectivity index (χ0v) is 19.7. The van der Waals surface area contributed by atoms with Crippen LogP contribution >= 0.6 is 28.1 Å². The SMILES string of the molecule is COCCn1c(C)cc([C@H]2[C@@H](c3ccccn3)NC(=S)N2c2ccc(Br)cc2)c1C. The minimum absolute atomic E-state index is 0.00364. The van der Waals surface area contributed by atoms with E-state index >= 15 is 0 Å². The van der Waals surface area contributed by atoms with Crippen LogP contribution in [-0.2, 0) is 11.3 Å². The first-order chi connectivity index (χ1) is 14.5. The highest BCUT2D eigenvalue weighted by molar-refractivity contribution is 9.10. The van der Waals surface area contributed by atoms with Gasteiger partial charge >= 0.3 is 0 Å². The third-order valence-corrected chi connectivity index (χ3v) is 6.50. The van der Waals surface area contributed by atoms with Crippen LogP contribution in [0.2, 0.25) is 0 Å². The molecule has 0 spiro atoms. The lowest BCUT2D eigenvalue weighted by molar-refractivity contribution is 0.186. The van der Waals surface area contributed by atoms with Gasteiger partial charge in [-0.05, 0) is 74.1 Å². The fraction of sp³-hybridized carbons (Fsp3) is 0.304. The number of pyridine rings is 1. The van der Waals surface area contributed by atoms with Crippen molar-refractivity contribution in [2.45, 2.75) is 32.5 Å². The fourth-order valence-electron chi connectivity index (χ4n) is 4.20. The van der Waals surface area contributed by atoms with Crippen LogP contribution in [0.4, 0.5) is 5.69 Å². The number of aryl methyl sites for hydroxylation is 1. The molecule has 1 fully saturated rings. The van der Waals surface area contributed by atoms with E-state index in [1.54, 1.807) is 7.11 Å². The average Bonchev–Trinajstić information content (AvgIpc) is 3.23. The third kappa shape index (κ3) is 3.89. The Hall–Kier alpha value is -2.22. The van der Waals surface area contributed by atoms with E-state index in [4.69, 9.17) is 17.0 Å². The van der Waals surface area contributed by atoms with Crippen LogP contribution in [-0.4, -0.2) is 28.4 Å². The summed E-state index contributed by atoms with van der Waals surface area (Å²) in [5, 5.41) is 4.24. The smallest absolute Gasteiger partial charge is 0.174 e. The molecular weight excluding hydrogens is 460 g/mol. The third-order valence-electron chi connectivity index (χ3n) is 5.65. The summed E-state index contributed by atoms with van der Waals surface area (Å²) in [6, 6.07) is 16.5. The summed E-state index contributed by atoms with van der Waals surface area (Å²) in [5.74, 6) is 0. The Kier molecular flexibility index (Phi) is 6.22. The van der Waals surface area contributed by atoms with Crippen LogP contribution in [0.5, 0.6) is 0 Å². The highest BCUT2D eigenvalue weighted by Gasteiger charge is 2.42. The van der Waals surface area contributed by atoms with Gasteiger partial charge < -0.3 is 19.5 Å². The Morgan fingerprint density at radius 3 is 2.60 bits per heavy atom. The van der Waals surface area contributed by atoms with Crippen molar-refractivity contribution in [3.63, 3.8) is 0 Å². The van der Waals surface area contributed by atoms with Crippen molar-refractivity contribution in [2.24, 2.45) is 0 Å². The maximum atomic E-state index is 5.81. The summed E-state index contributed by atoms with van der Waals surface area (Å²) in [5.41, 5.74) is 5.72. The van der Waals surface area contributed by atoms with Crippen molar-refractivity contribution in [1.82, 2.24) is 14.9 Å². The summed E-state index contributed by atoms with van der Waals surface area (Å²) < 4.78 is 8.68. The lowest BCUT2D eigenvalue weighted by atomic mass is 9.96. The van der Waals surface area contributed by atoms with Crippen molar-refractivity contribution in [2.75, 3.05) is 18.6 Å². The van der Waals surface area contributed by atoms with E-state index in [-0.39, 0.29) is 12.1 Å². The number of halogens is 1. The molecule has 4 rings (SSSR count). The van der Waals surface area contributed by atoms with E-state index in [9.17, 15) is 0 Å². The van der Waals surface area contributed by atoms with Gasteiger partial charge in [-0.25, -0.2) is 0 Å². The van der Waals surface area contributed by atoms with Gasteiger partial charge in [-0.15, -0.1) is 0 Å². The Labute approximate surface area is 191 Å². The number of nitrogens with zero attached hydrogens (tertiary/aromatic N) is 3. The normalized spacial score (nSPS) is 18.7. The van der Waals surface area contributed by atoms with Gasteiger partial charge in [0.1, 0.15) is 0 Å². The molecule has 1 N–H and O–H groups in total. The van der Waals surface area contributed by atoms with Gasteiger partial charge in [0.2, 0.25) is 0 Å². The number of hydrogen-bond acceptors (Lipinski definition) is 3. The molecule has 2 aromatic heterocycles. The molecule has 0 radical (unpaired) electrons. The fourth-order valence-corrected chi connectivity index (χ4v) is 4.81. The number of aromatic nitrogens is 2. The molecule has 5 nitrogen and oxygen atoms in total. The summed E-state index contributed by atoms with van der Waals surface area (Å²) >= 11 is 9.35. The Morgan fingerprint density at radius 1 is 1.17 bits per heavy atom. The predicted octanol–water partition coefficient (Wildman–Crippen LogP) is 5.09. The second-order valence-corrected chi connectivity index (χ2v) is 8.75. The Morgan fingerprint density at radius 2 is 1.93 bits per heavy atom. The number of rotatable bonds is 6. The van der Waals surface area contributed by atoms with Crippen molar-refractivity contribution in [3.05, 3.63) is 81.8 Å². The van der Waals surface area contributed by atoms with Crippen molar-refractivity contribution < 1.29 is 4.74 Å². The van der Waals surface area contributed by atoms with Crippen molar-refractivity contribution >= 4 is 38.9 Å². The number of hydrogen-bond donors (Lipinski definition) is 1. The van der Waals surface area contributed by atoms with E-state index in [1.807, 2.05) is 30.5 Å². The monoisotopic (exact) mass is 484 g/mol. The van der Waals surface area contributed by atoms with Crippen LogP contribution in [0.1, 0.15) is 34.7 Å². The number of nitrogens with one attached hydrogen (secondary N) is 1. The van der Waals surface area contributed by atoms with Crippen LogP contribution in [0.15, 0.2) is 59.2 Å². The first kappa shape index (κ1) is 21.0. The number of ether oxygens (including phenoxy) is 1. The summed E-state index contributed by atoms with van der Waals surface area (Å²) in [6.07, 6.45) is 1.83. The molecule has 0 bridgehead atoms. The van der Waals surface area contributed by atoms with Crippen LogP contribution in [0, 0.1) is 13.8 Å². The quantitative estimate of drug-likeness (QED) is 0.493. The minimum atomic E-state index is -0.0429. The molecule has 3 aromatic rings. The highest BCUT2D eigenvalue weighted by Crippen LogP contribution is 2.43. The maximum absolute atomic E-state index is 5.81. The molecule has 30 heavy (non-hydrogen) atoms. The molecule has 7 heteroatoms. The molecule has 0 amide bonds. The molecule has 1 aliphatic heterocycles. The Bertz CT molecular complexity index is 1040. The lowest BCUT2D eigenvalue weighted by Crippen LogP contribution is -2.29. The lowest BCUT2D eigenvalue weighted by Gasteiger charge is -2.28. The highest BCUT2D eigenvalue weighted by atomic mass is 79.9. The molecule has 1 saturated heterocycles. The van der Waals surface area contributed by atoms with Crippen molar-refractivity contribution in [1.29, 1.82) is 0 Å². The molecular formula is C23H25BrN4OS. The van der Waals surface area contributed by atoms with Crippen molar-refractivity contribution in [3.8, 4) is 0 Å². The van der Waals surface area contributed by atoms with Gasteiger partial charge in [0.25, 0.3) is 0 Å². The average molecular weight is 485 g/mol. The van der Waals surface area contributed by atoms with E-state index in [0.29, 0.717) is 11.7 Å². The standard InChI is InChI=1S/C23H25BrN4OS/c1-15-14-19(16(2)27(15)12-13-29-3)22-21(20-6-4-5-11-25-20)26-23(30)28(22)18-9-7-17(24)8-10-18/h4-11,14,21-22H,12-13H2,1-3H3,(H,26,30)/t21-,22+/m1/s1. The first-order valence-electron chi connectivity index (χ1n) is 9.93. The van der Waals surface area contributed by atoms with Crippen LogP contribution < -0.4 is 10.2 Å². The molecule has 0 aliphatic carbocycles. The molecule has 1 aliphatic rings. The summed E-state index contributed by atoms with van der Waals surface area (Å²) in [4.78, 5) is 6.85. The van der Waals surface area contributed by atoms with Gasteiger partial charge in [-0.1, -0.05) is 22.0 Å². The second-order valence-electron chi connectivity index (χ2n) is 7.44. The van der Waals surface area contributed by atoms with Gasteiger partial charge in [0.05, 0.1) is 24.4 Å². The minimum Gasteiger partial charge on any atom is -0.383 e. The van der Waals surface area contributed by atoms with E-state index in [1.165, 1.54) is 17.0 Å². The molecule has 0 saturated carbocycles. The van der Waals surface area contributed by atoms with E-state index in [2.05, 4.69) is 73.8 Å². The van der Waals surface area contributed by atoms with Gasteiger partial charge in [-0.3, -0.25) is 4.98 Å². The molecule has 156 valence electrons. The molecule has 0 unspecified atom stereocenters. The number of methoxy groups -OCH3 is 1. The molecule has 1 aromatic carbocycles. The molecule has 3 heterocycles. The number of thiocarbonyl (C=S) groups is 1. The first-order valence-corrected chi connectivity index (χ1v) is 11.1. The zero-order valence-electron chi connectivity index (χ0n) is 17.3. The largest absolute Gasteiger partial charge is 0.383 e. The van der Waals surface area contributed by atoms with E-state index < -0.39 is 0 Å². The maximum Gasteiger partial charge on any atom is 0.174 e. The van der Waals surface area contributed by atoms with Crippen LogP contribution in [0.3, 0.4) is 0 Å². The topological polar surface area (TPSA) is 42.3 Å². The van der Waals surface area contributed by atoms with Gasteiger partial charge in [0.15, 0.2) is 5.11 Å². The Balaban J connectivity index is 1.83. The zero-order chi connectivity index (χ0) is 21.3. The number of anilines is 1. The van der Waals surface area contributed by atoms with Gasteiger partial charge in [0, 0.05) is 41.4 Å². The van der Waals surface area contributed by atoms with E-state index in [0.717, 1.165) is 22.4 Å². The summed E-state index contributed by atoms with van der Waals surface area (Å²) in [7, 11) is 1.74. The molecule has 2 atom stereocenters. The number of benzene rings is 1. The van der Waals surface area contributed by atoms with Crippen LogP contribution in [0.25, 0.3) is 0 Å².